The number of carbonyl (C=O) groups excluding carboxylic acids is 1. The van der Waals surface area contributed by atoms with Crippen LogP contribution in [0.5, 0.6) is 11.5 Å². The predicted octanol–water partition coefficient (Wildman–Crippen LogP) is 3.10. The van der Waals surface area contributed by atoms with E-state index in [4.69, 9.17) is 20.6 Å². The molecule has 132 valence electrons. The van der Waals surface area contributed by atoms with Crippen molar-refractivity contribution in [2.45, 2.75) is 6.54 Å². The SMILES string of the molecule is NC(=O)c1ccc(CN=C(N)Nc2cccc(Oc3ccccc3)c2)o1. The van der Waals surface area contributed by atoms with Gasteiger partial charge in [0, 0.05) is 11.8 Å². The van der Waals surface area contributed by atoms with Crippen molar-refractivity contribution < 1.29 is 13.9 Å². The standard InChI is InChI=1S/C19H18N4O3/c20-18(24)17-10-9-16(26-17)12-22-19(21)23-13-5-4-8-15(11-13)25-14-6-2-1-3-7-14/h1-11H,12H2,(H2,20,24)(H3,21,22,23). The molecule has 0 aliphatic rings. The number of hydrogen-bond acceptors (Lipinski definition) is 4. The quantitative estimate of drug-likeness (QED) is 0.466. The van der Waals surface area contributed by atoms with Crippen LogP contribution in [0.1, 0.15) is 16.3 Å². The van der Waals surface area contributed by atoms with E-state index in [0.717, 1.165) is 11.4 Å². The first kappa shape index (κ1) is 17.1. The molecule has 0 aliphatic heterocycles. The first-order valence-electron chi connectivity index (χ1n) is 7.88. The number of amides is 1. The van der Waals surface area contributed by atoms with E-state index in [1.165, 1.54) is 6.07 Å². The van der Waals surface area contributed by atoms with Gasteiger partial charge in [-0.15, -0.1) is 0 Å². The molecule has 2 aromatic carbocycles. The molecular weight excluding hydrogens is 332 g/mol. The lowest BCUT2D eigenvalue weighted by molar-refractivity contribution is 0.0972. The molecule has 7 nitrogen and oxygen atoms in total. The minimum atomic E-state index is -0.624. The van der Waals surface area contributed by atoms with Crippen molar-refractivity contribution in [1.29, 1.82) is 0 Å². The summed E-state index contributed by atoms with van der Waals surface area (Å²) in [5.41, 5.74) is 11.8. The zero-order chi connectivity index (χ0) is 18.4. The summed E-state index contributed by atoms with van der Waals surface area (Å²) < 4.78 is 11.0. The molecule has 1 heterocycles. The Morgan fingerprint density at radius 1 is 1.00 bits per heavy atom. The minimum absolute atomic E-state index is 0.0903. The smallest absolute Gasteiger partial charge is 0.284 e. The highest BCUT2D eigenvalue weighted by molar-refractivity contribution is 5.92. The number of rotatable bonds is 6. The first-order chi connectivity index (χ1) is 12.6. The number of hydrogen-bond donors (Lipinski definition) is 3. The van der Waals surface area contributed by atoms with Crippen LogP contribution in [0, 0.1) is 0 Å². The summed E-state index contributed by atoms with van der Waals surface area (Å²) in [4.78, 5) is 15.2. The lowest BCUT2D eigenvalue weighted by Crippen LogP contribution is -2.22. The lowest BCUT2D eigenvalue weighted by atomic mass is 10.3. The highest BCUT2D eigenvalue weighted by atomic mass is 16.5. The fourth-order valence-electron chi connectivity index (χ4n) is 2.21. The van der Waals surface area contributed by atoms with E-state index in [1.54, 1.807) is 6.07 Å². The van der Waals surface area contributed by atoms with Crippen LogP contribution in [0.2, 0.25) is 0 Å². The number of anilines is 1. The number of para-hydroxylation sites is 1. The van der Waals surface area contributed by atoms with Crippen LogP contribution in [0.25, 0.3) is 0 Å². The van der Waals surface area contributed by atoms with Crippen molar-refractivity contribution in [1.82, 2.24) is 0 Å². The number of nitrogens with one attached hydrogen (secondary N) is 1. The molecule has 0 bridgehead atoms. The molecule has 5 N–H and O–H groups in total. The molecule has 0 radical (unpaired) electrons. The van der Waals surface area contributed by atoms with Crippen molar-refractivity contribution in [2.75, 3.05) is 5.32 Å². The third-order valence-electron chi connectivity index (χ3n) is 3.40. The predicted molar refractivity (Wildman–Crippen MR) is 99.1 cm³/mol. The molecule has 1 aromatic heterocycles. The Morgan fingerprint density at radius 2 is 1.77 bits per heavy atom. The van der Waals surface area contributed by atoms with Gasteiger partial charge in [0.25, 0.3) is 5.91 Å². The van der Waals surface area contributed by atoms with Gasteiger partial charge in [-0.3, -0.25) is 4.79 Å². The summed E-state index contributed by atoms with van der Waals surface area (Å²) in [6.45, 7) is 0.187. The second kappa shape index (κ2) is 7.89. The average molecular weight is 350 g/mol. The Balaban J connectivity index is 1.62. The van der Waals surface area contributed by atoms with Gasteiger partial charge in [-0.2, -0.15) is 0 Å². The van der Waals surface area contributed by atoms with E-state index in [0.29, 0.717) is 11.5 Å². The molecule has 0 spiro atoms. The minimum Gasteiger partial charge on any atom is -0.457 e. The molecule has 0 atom stereocenters. The number of primary amides is 1. The topological polar surface area (TPSA) is 116 Å². The van der Waals surface area contributed by atoms with Crippen molar-refractivity contribution in [3.05, 3.63) is 78.3 Å². The number of aliphatic imine (C=N–C) groups is 1. The van der Waals surface area contributed by atoms with Crippen LogP contribution in [-0.4, -0.2) is 11.9 Å². The van der Waals surface area contributed by atoms with Crippen molar-refractivity contribution in [2.24, 2.45) is 16.5 Å². The average Bonchev–Trinajstić information content (AvgIpc) is 3.11. The highest BCUT2D eigenvalue weighted by Crippen LogP contribution is 2.23. The lowest BCUT2D eigenvalue weighted by Gasteiger charge is -2.09. The third-order valence-corrected chi connectivity index (χ3v) is 3.40. The van der Waals surface area contributed by atoms with Crippen LogP contribution in [0.3, 0.4) is 0 Å². The summed E-state index contributed by atoms with van der Waals surface area (Å²) in [7, 11) is 0. The highest BCUT2D eigenvalue weighted by Gasteiger charge is 2.06. The van der Waals surface area contributed by atoms with E-state index >= 15 is 0 Å². The molecular formula is C19H18N4O3. The van der Waals surface area contributed by atoms with Gasteiger partial charge in [0.1, 0.15) is 23.8 Å². The number of carbonyl (C=O) groups is 1. The molecule has 3 aromatic rings. The molecule has 0 saturated heterocycles. The van der Waals surface area contributed by atoms with Gasteiger partial charge in [-0.1, -0.05) is 24.3 Å². The second-order valence-electron chi connectivity index (χ2n) is 5.40. The third kappa shape index (κ3) is 4.64. The van der Waals surface area contributed by atoms with Gasteiger partial charge in [-0.05, 0) is 36.4 Å². The maximum absolute atomic E-state index is 11.0. The molecule has 3 rings (SSSR count). The summed E-state index contributed by atoms with van der Waals surface area (Å²) >= 11 is 0. The van der Waals surface area contributed by atoms with Gasteiger partial charge < -0.3 is 25.9 Å². The number of nitrogens with two attached hydrogens (primary N) is 2. The normalized spacial score (nSPS) is 11.2. The van der Waals surface area contributed by atoms with Gasteiger partial charge in [0.15, 0.2) is 11.7 Å². The second-order valence-corrected chi connectivity index (χ2v) is 5.40. The Morgan fingerprint density at radius 3 is 2.50 bits per heavy atom. The van der Waals surface area contributed by atoms with Gasteiger partial charge in [-0.25, -0.2) is 4.99 Å². The number of nitrogens with zero attached hydrogens (tertiary/aromatic N) is 1. The Bertz CT molecular complexity index is 919. The first-order valence-corrected chi connectivity index (χ1v) is 7.88. The van der Waals surface area contributed by atoms with E-state index in [2.05, 4.69) is 10.3 Å². The van der Waals surface area contributed by atoms with Crippen LogP contribution >= 0.6 is 0 Å². The van der Waals surface area contributed by atoms with Gasteiger partial charge in [0.05, 0.1) is 0 Å². The zero-order valence-corrected chi connectivity index (χ0v) is 13.9. The van der Waals surface area contributed by atoms with Crippen LogP contribution in [-0.2, 0) is 6.54 Å². The van der Waals surface area contributed by atoms with Crippen LogP contribution in [0.4, 0.5) is 5.69 Å². The Hall–Kier alpha value is -3.74. The van der Waals surface area contributed by atoms with Crippen molar-refractivity contribution in [3.63, 3.8) is 0 Å². The Labute approximate surface area is 150 Å². The maximum atomic E-state index is 11.0. The van der Waals surface area contributed by atoms with Gasteiger partial charge in [0.2, 0.25) is 0 Å². The van der Waals surface area contributed by atoms with Gasteiger partial charge >= 0.3 is 0 Å². The van der Waals surface area contributed by atoms with E-state index in [1.807, 2.05) is 54.6 Å². The summed E-state index contributed by atoms with van der Waals surface area (Å²) in [5.74, 6) is 1.58. The number of benzene rings is 2. The molecule has 0 aliphatic carbocycles. The molecule has 0 unspecified atom stereocenters. The zero-order valence-electron chi connectivity index (χ0n) is 13.9. The Kier molecular flexibility index (Phi) is 5.19. The number of guanidine groups is 1. The summed E-state index contributed by atoms with van der Waals surface area (Å²) in [6, 6.07) is 20.0. The summed E-state index contributed by atoms with van der Waals surface area (Å²) in [6.07, 6.45) is 0. The number of furan rings is 1. The molecule has 0 saturated carbocycles. The molecule has 1 amide bonds. The van der Waals surface area contributed by atoms with E-state index in [9.17, 15) is 4.79 Å². The fourth-order valence-corrected chi connectivity index (χ4v) is 2.21. The van der Waals surface area contributed by atoms with E-state index in [-0.39, 0.29) is 18.3 Å². The fraction of sp³-hybridized carbons (Fsp3) is 0.0526. The maximum Gasteiger partial charge on any atom is 0.284 e. The number of ether oxygens (including phenoxy) is 1. The van der Waals surface area contributed by atoms with E-state index < -0.39 is 5.91 Å². The van der Waals surface area contributed by atoms with Crippen LogP contribution in [0.15, 0.2) is 76.1 Å². The molecule has 26 heavy (non-hydrogen) atoms. The molecule has 7 heteroatoms. The van der Waals surface area contributed by atoms with Crippen molar-refractivity contribution in [3.8, 4) is 11.5 Å². The monoisotopic (exact) mass is 350 g/mol. The summed E-state index contributed by atoms with van der Waals surface area (Å²) in [5, 5.41) is 2.98. The molecule has 0 fully saturated rings. The van der Waals surface area contributed by atoms with Crippen molar-refractivity contribution >= 4 is 17.6 Å². The van der Waals surface area contributed by atoms with Crippen LogP contribution < -0.4 is 21.5 Å². The largest absolute Gasteiger partial charge is 0.457 e.